The van der Waals surface area contributed by atoms with Crippen molar-refractivity contribution in [2.45, 2.75) is 44.8 Å². The van der Waals surface area contributed by atoms with Crippen molar-refractivity contribution in [2.24, 2.45) is 10.9 Å². The molecule has 1 unspecified atom stereocenters. The number of nitrogens with one attached hydrogen (secondary N) is 1. The molecular formula is C21H25N5O4S. The molecule has 1 aliphatic rings. The van der Waals surface area contributed by atoms with Gasteiger partial charge in [0.1, 0.15) is 0 Å². The van der Waals surface area contributed by atoms with E-state index in [1.165, 1.54) is 12.6 Å². The summed E-state index contributed by atoms with van der Waals surface area (Å²) in [5, 5.41) is 10.9. The Bertz CT molecular complexity index is 986. The highest BCUT2D eigenvalue weighted by molar-refractivity contribution is 7.99. The summed E-state index contributed by atoms with van der Waals surface area (Å²) in [5.41, 5.74) is 2.40. The third-order valence-corrected chi connectivity index (χ3v) is 5.72. The predicted molar refractivity (Wildman–Crippen MR) is 117 cm³/mol. The predicted octanol–water partition coefficient (Wildman–Crippen LogP) is 3.35. The van der Waals surface area contributed by atoms with E-state index < -0.39 is 11.9 Å². The number of urea groups is 1. The zero-order chi connectivity index (χ0) is 22.4. The van der Waals surface area contributed by atoms with Gasteiger partial charge in [-0.25, -0.2) is 9.79 Å². The number of unbranched alkanes of at least 4 members (excludes halogenated alkanes) is 1. The van der Waals surface area contributed by atoms with Crippen molar-refractivity contribution in [3.8, 4) is 0 Å². The lowest BCUT2D eigenvalue weighted by molar-refractivity contribution is -0.129. The molecule has 0 radical (unpaired) electrons. The second-order valence-electron chi connectivity index (χ2n) is 7.29. The molecule has 3 rings (SSSR count). The van der Waals surface area contributed by atoms with Crippen molar-refractivity contribution in [1.82, 2.24) is 15.1 Å². The maximum Gasteiger partial charge on any atom is 0.349 e. The van der Waals surface area contributed by atoms with E-state index in [1.54, 1.807) is 6.92 Å². The van der Waals surface area contributed by atoms with Gasteiger partial charge in [0.05, 0.1) is 11.7 Å². The molecule has 0 bridgehead atoms. The van der Waals surface area contributed by atoms with Gasteiger partial charge in [0.2, 0.25) is 17.7 Å². The quantitative estimate of drug-likeness (QED) is 0.590. The van der Waals surface area contributed by atoms with Crippen LogP contribution in [0.4, 0.5) is 10.5 Å². The van der Waals surface area contributed by atoms with Crippen LogP contribution in [0.2, 0.25) is 0 Å². The molecule has 164 valence electrons. The van der Waals surface area contributed by atoms with Gasteiger partial charge < -0.3 is 9.73 Å². The van der Waals surface area contributed by atoms with Crippen LogP contribution in [0.3, 0.4) is 0 Å². The highest BCUT2D eigenvalue weighted by Crippen LogP contribution is 2.21. The summed E-state index contributed by atoms with van der Waals surface area (Å²) < 4.78 is 5.55. The largest absolute Gasteiger partial charge is 0.416 e. The average Bonchev–Trinajstić information content (AvgIpc) is 3.21. The Hall–Kier alpha value is -3.01. The first kappa shape index (κ1) is 22.7. The zero-order valence-electron chi connectivity index (χ0n) is 17.8. The van der Waals surface area contributed by atoms with Crippen LogP contribution in [0.15, 0.2) is 38.9 Å². The summed E-state index contributed by atoms with van der Waals surface area (Å²) in [6.45, 7) is 3.78. The van der Waals surface area contributed by atoms with Gasteiger partial charge in [0.25, 0.3) is 5.22 Å². The maximum absolute atomic E-state index is 12.3. The van der Waals surface area contributed by atoms with Gasteiger partial charge >= 0.3 is 6.03 Å². The number of imide groups is 1. The lowest BCUT2D eigenvalue weighted by Crippen LogP contribution is -2.44. The summed E-state index contributed by atoms with van der Waals surface area (Å²) in [7, 11) is 1.39. The Morgan fingerprint density at radius 1 is 1.23 bits per heavy atom. The molecule has 0 saturated carbocycles. The molecule has 0 fully saturated rings. The first-order chi connectivity index (χ1) is 14.9. The Morgan fingerprint density at radius 2 is 1.97 bits per heavy atom. The summed E-state index contributed by atoms with van der Waals surface area (Å²) in [6, 6.07) is 7.25. The van der Waals surface area contributed by atoms with Crippen molar-refractivity contribution in [3.05, 3.63) is 35.7 Å². The summed E-state index contributed by atoms with van der Waals surface area (Å²) in [4.78, 5) is 40.9. The number of rotatable bonds is 9. The minimum atomic E-state index is -0.621. The topological polar surface area (TPSA) is 118 Å². The van der Waals surface area contributed by atoms with E-state index in [2.05, 4.69) is 27.4 Å². The number of hydrogen-bond donors (Lipinski definition) is 1. The van der Waals surface area contributed by atoms with Crippen molar-refractivity contribution in [3.63, 3.8) is 0 Å². The monoisotopic (exact) mass is 443 g/mol. The standard InChI is InChI=1S/C21H25N5O4S/c1-4-5-6-14-7-9-15(10-8-14)23-17(27)12-31-21-25-24-18(30-21)11-16-13(2)22-20(29)26(3)19(16)28/h7-10,16H,4-6,11-12H2,1-3H3,(H,23,27). The molecule has 0 aliphatic carbocycles. The highest BCUT2D eigenvalue weighted by atomic mass is 32.2. The minimum Gasteiger partial charge on any atom is -0.416 e. The molecule has 1 aromatic heterocycles. The Morgan fingerprint density at radius 3 is 2.68 bits per heavy atom. The van der Waals surface area contributed by atoms with Crippen molar-refractivity contribution in [1.29, 1.82) is 0 Å². The second kappa shape index (κ2) is 10.3. The fourth-order valence-corrected chi connectivity index (χ4v) is 3.64. The van der Waals surface area contributed by atoms with E-state index in [0.717, 1.165) is 41.6 Å². The van der Waals surface area contributed by atoms with E-state index in [1.807, 2.05) is 24.3 Å². The van der Waals surface area contributed by atoms with Crippen molar-refractivity contribution in [2.75, 3.05) is 18.1 Å². The number of thioether (sulfide) groups is 1. The number of anilines is 1. The number of hydrogen-bond acceptors (Lipinski definition) is 7. The molecule has 1 N–H and O–H groups in total. The Kier molecular flexibility index (Phi) is 7.56. The normalized spacial score (nSPS) is 16.4. The van der Waals surface area contributed by atoms with Crippen molar-refractivity contribution >= 4 is 41.0 Å². The van der Waals surface area contributed by atoms with Gasteiger partial charge in [-0.15, -0.1) is 10.2 Å². The third kappa shape index (κ3) is 6.00. The van der Waals surface area contributed by atoms with Gasteiger partial charge in [-0.3, -0.25) is 14.5 Å². The average molecular weight is 444 g/mol. The van der Waals surface area contributed by atoms with E-state index in [4.69, 9.17) is 4.42 Å². The van der Waals surface area contributed by atoms with Crippen LogP contribution in [0, 0.1) is 5.92 Å². The summed E-state index contributed by atoms with van der Waals surface area (Å²) in [6.07, 6.45) is 3.47. The van der Waals surface area contributed by atoms with E-state index >= 15 is 0 Å². The lowest BCUT2D eigenvalue weighted by atomic mass is 9.97. The van der Waals surface area contributed by atoms with E-state index in [-0.39, 0.29) is 35.1 Å². The van der Waals surface area contributed by atoms with E-state index in [0.29, 0.717) is 5.71 Å². The Labute approximate surface area is 184 Å². The molecule has 9 nitrogen and oxygen atoms in total. The fraction of sp³-hybridized carbons (Fsp3) is 0.429. The van der Waals surface area contributed by atoms with Gasteiger partial charge in [-0.2, -0.15) is 0 Å². The van der Waals surface area contributed by atoms with Crippen LogP contribution in [-0.4, -0.2) is 51.5 Å². The minimum absolute atomic E-state index is 0.110. The number of aromatic nitrogens is 2. The van der Waals surface area contributed by atoms with Gasteiger partial charge in [-0.1, -0.05) is 37.2 Å². The number of amides is 4. The van der Waals surface area contributed by atoms with Gasteiger partial charge in [-0.05, 0) is 37.5 Å². The number of aryl methyl sites for hydroxylation is 1. The molecule has 2 heterocycles. The fourth-order valence-electron chi connectivity index (χ4n) is 3.06. The number of benzene rings is 1. The Balaban J connectivity index is 1.50. The van der Waals surface area contributed by atoms with Crippen LogP contribution < -0.4 is 5.32 Å². The smallest absolute Gasteiger partial charge is 0.349 e. The number of nitrogens with zero attached hydrogens (tertiary/aromatic N) is 4. The van der Waals surface area contributed by atoms with Crippen LogP contribution >= 0.6 is 11.8 Å². The first-order valence-corrected chi connectivity index (χ1v) is 11.1. The molecule has 2 aromatic rings. The summed E-state index contributed by atoms with van der Waals surface area (Å²) >= 11 is 1.12. The molecule has 1 atom stereocenters. The van der Waals surface area contributed by atoms with Crippen molar-refractivity contribution < 1.29 is 18.8 Å². The molecule has 10 heteroatoms. The van der Waals surface area contributed by atoms with Crippen LogP contribution in [0.5, 0.6) is 0 Å². The molecule has 4 amide bonds. The zero-order valence-corrected chi connectivity index (χ0v) is 18.6. The lowest BCUT2D eigenvalue weighted by Gasteiger charge is -2.24. The second-order valence-corrected chi connectivity index (χ2v) is 8.22. The number of carbonyl (C=O) groups is 3. The van der Waals surface area contributed by atoms with Crippen LogP contribution in [0.1, 0.15) is 38.1 Å². The molecule has 1 aliphatic heterocycles. The number of carbonyl (C=O) groups excluding carboxylic acids is 3. The molecule has 0 spiro atoms. The molecule has 31 heavy (non-hydrogen) atoms. The number of aliphatic imine (C=N–C) groups is 1. The highest BCUT2D eigenvalue weighted by Gasteiger charge is 2.34. The van der Waals surface area contributed by atoms with Crippen LogP contribution in [0.25, 0.3) is 0 Å². The third-order valence-electron chi connectivity index (χ3n) is 4.90. The summed E-state index contributed by atoms with van der Waals surface area (Å²) in [5.74, 6) is -0.799. The first-order valence-electron chi connectivity index (χ1n) is 10.1. The molecule has 0 saturated heterocycles. The maximum atomic E-state index is 12.3. The van der Waals surface area contributed by atoms with Gasteiger partial charge in [0.15, 0.2) is 0 Å². The van der Waals surface area contributed by atoms with Crippen LogP contribution in [-0.2, 0) is 22.4 Å². The van der Waals surface area contributed by atoms with E-state index in [9.17, 15) is 14.4 Å². The molecular weight excluding hydrogens is 418 g/mol. The molecule has 1 aromatic carbocycles. The SMILES string of the molecule is CCCCc1ccc(NC(=O)CSc2nnc(CC3C(=O)N(C)C(=O)N=C3C)o2)cc1. The van der Waals surface area contributed by atoms with Gasteiger partial charge in [0, 0.05) is 24.9 Å².